The SMILES string of the molecule is CC/C=C\C/C=C\C/C=C\C/C=C\CCCCC(=O)OCC(COC(=O)CCCCCCCC/C=C\C/C=C\C/C=C\CCCCCCC)OC(=O)CCCCCCCC/C=C\C/C=C\C/C=C\CCCCC. The molecular weight excluding hydrogens is 901 g/mol. The molecule has 0 spiro atoms. The molecule has 0 aliphatic rings. The molecule has 0 amide bonds. The summed E-state index contributed by atoms with van der Waals surface area (Å²) in [7, 11) is 0. The Morgan fingerprint density at radius 3 is 0.890 bits per heavy atom. The lowest BCUT2D eigenvalue weighted by Crippen LogP contribution is -2.30. The van der Waals surface area contributed by atoms with Crippen molar-refractivity contribution in [3.8, 4) is 0 Å². The quantitative estimate of drug-likeness (QED) is 0.0261. The van der Waals surface area contributed by atoms with Crippen molar-refractivity contribution in [3.05, 3.63) is 122 Å². The van der Waals surface area contributed by atoms with Gasteiger partial charge in [-0.1, -0.05) is 232 Å². The van der Waals surface area contributed by atoms with Gasteiger partial charge in [-0.2, -0.15) is 0 Å². The van der Waals surface area contributed by atoms with Gasteiger partial charge in [0.05, 0.1) is 0 Å². The molecule has 0 bridgehead atoms. The van der Waals surface area contributed by atoms with Crippen molar-refractivity contribution in [1.29, 1.82) is 0 Å². The van der Waals surface area contributed by atoms with Gasteiger partial charge in [0.25, 0.3) is 0 Å². The van der Waals surface area contributed by atoms with Gasteiger partial charge in [-0.05, 0) is 135 Å². The highest BCUT2D eigenvalue weighted by Gasteiger charge is 2.19. The van der Waals surface area contributed by atoms with Crippen LogP contribution in [-0.2, 0) is 28.6 Å². The minimum absolute atomic E-state index is 0.107. The summed E-state index contributed by atoms with van der Waals surface area (Å²) in [5.74, 6) is -0.974. The second kappa shape index (κ2) is 60.4. The zero-order chi connectivity index (χ0) is 52.9. The fourth-order valence-corrected chi connectivity index (χ4v) is 7.92. The second-order valence-electron chi connectivity index (χ2n) is 19.5. The predicted octanol–water partition coefficient (Wildman–Crippen LogP) is 20.4. The van der Waals surface area contributed by atoms with E-state index in [1.807, 2.05) is 0 Å². The smallest absolute Gasteiger partial charge is 0.306 e. The molecule has 1 unspecified atom stereocenters. The van der Waals surface area contributed by atoms with E-state index < -0.39 is 6.10 Å². The fraction of sp³-hybridized carbons (Fsp3) is 0.657. The second-order valence-corrected chi connectivity index (χ2v) is 19.5. The number of hydrogen-bond acceptors (Lipinski definition) is 6. The third-order valence-corrected chi connectivity index (χ3v) is 12.4. The van der Waals surface area contributed by atoms with E-state index in [-0.39, 0.29) is 31.1 Å². The molecule has 6 heteroatoms. The Morgan fingerprint density at radius 1 is 0.288 bits per heavy atom. The van der Waals surface area contributed by atoms with E-state index >= 15 is 0 Å². The molecule has 414 valence electrons. The highest BCUT2D eigenvalue weighted by molar-refractivity contribution is 5.71. The molecule has 1 atom stereocenters. The van der Waals surface area contributed by atoms with E-state index in [0.29, 0.717) is 25.7 Å². The van der Waals surface area contributed by atoms with Crippen LogP contribution in [0.3, 0.4) is 0 Å². The molecule has 73 heavy (non-hydrogen) atoms. The van der Waals surface area contributed by atoms with Crippen molar-refractivity contribution in [2.75, 3.05) is 13.2 Å². The molecule has 0 fully saturated rings. The van der Waals surface area contributed by atoms with E-state index in [4.69, 9.17) is 14.2 Å². The van der Waals surface area contributed by atoms with Crippen LogP contribution in [0.25, 0.3) is 0 Å². The summed E-state index contributed by atoms with van der Waals surface area (Å²) in [5.41, 5.74) is 0. The Morgan fingerprint density at radius 2 is 0.534 bits per heavy atom. The third-order valence-electron chi connectivity index (χ3n) is 12.4. The first-order valence-electron chi connectivity index (χ1n) is 30.0. The molecule has 0 rings (SSSR count). The monoisotopic (exact) mass is 1010 g/mol. The number of unbranched alkanes of at least 4 members (excludes halogenated alkanes) is 22. The van der Waals surface area contributed by atoms with Crippen LogP contribution in [0.5, 0.6) is 0 Å². The van der Waals surface area contributed by atoms with E-state index in [0.717, 1.165) is 128 Å². The van der Waals surface area contributed by atoms with Crippen LogP contribution in [0, 0.1) is 0 Å². The molecule has 6 nitrogen and oxygen atoms in total. The first-order valence-corrected chi connectivity index (χ1v) is 30.0. The molecule has 0 aromatic rings. The van der Waals surface area contributed by atoms with E-state index in [1.165, 1.54) is 89.9 Å². The zero-order valence-corrected chi connectivity index (χ0v) is 47.4. The molecule has 0 aromatic heterocycles. The number of esters is 3. The number of carbonyl (C=O) groups is 3. The van der Waals surface area contributed by atoms with Gasteiger partial charge in [-0.25, -0.2) is 0 Å². The van der Waals surface area contributed by atoms with Crippen LogP contribution >= 0.6 is 0 Å². The molecule has 0 saturated heterocycles. The van der Waals surface area contributed by atoms with Crippen molar-refractivity contribution in [2.24, 2.45) is 0 Å². The van der Waals surface area contributed by atoms with Crippen molar-refractivity contribution < 1.29 is 28.6 Å². The van der Waals surface area contributed by atoms with Crippen LogP contribution in [0.4, 0.5) is 0 Å². The van der Waals surface area contributed by atoms with Crippen LogP contribution in [0.15, 0.2) is 122 Å². The van der Waals surface area contributed by atoms with Gasteiger partial charge < -0.3 is 14.2 Å². The van der Waals surface area contributed by atoms with Crippen LogP contribution in [-0.4, -0.2) is 37.2 Å². The highest BCUT2D eigenvalue weighted by Crippen LogP contribution is 2.14. The molecule has 0 N–H and O–H groups in total. The minimum atomic E-state index is -0.813. The lowest BCUT2D eigenvalue weighted by atomic mass is 10.1. The number of carbonyl (C=O) groups excluding carboxylic acids is 3. The maximum atomic E-state index is 12.9. The first-order chi connectivity index (χ1) is 36.0. The van der Waals surface area contributed by atoms with Crippen molar-refractivity contribution in [1.82, 2.24) is 0 Å². The minimum Gasteiger partial charge on any atom is -0.462 e. The van der Waals surface area contributed by atoms with Gasteiger partial charge in [0, 0.05) is 19.3 Å². The Balaban J connectivity index is 4.49. The van der Waals surface area contributed by atoms with Gasteiger partial charge >= 0.3 is 17.9 Å². The average molecular weight is 1010 g/mol. The molecular formula is C67H110O6. The zero-order valence-electron chi connectivity index (χ0n) is 47.4. The summed E-state index contributed by atoms with van der Waals surface area (Å²) >= 11 is 0. The lowest BCUT2D eigenvalue weighted by Gasteiger charge is -2.18. The number of hydrogen-bond donors (Lipinski definition) is 0. The summed E-state index contributed by atoms with van der Waals surface area (Å²) in [6.45, 7) is 6.43. The summed E-state index contributed by atoms with van der Waals surface area (Å²) in [5, 5.41) is 0. The first kappa shape index (κ1) is 68.8. The topological polar surface area (TPSA) is 78.9 Å². The largest absolute Gasteiger partial charge is 0.462 e. The number of allylic oxidation sites excluding steroid dienone is 20. The molecule has 0 heterocycles. The standard InChI is InChI=1S/C67H110O6/c1-4-7-10-13-16-19-22-25-28-30-32-33-35-36-39-42-45-48-51-54-57-60-66(69)72-63-64(62-71-65(68)59-56-53-50-47-44-41-38-27-24-21-18-15-12-9-6-3)73-67(70)61-58-55-52-49-46-43-40-37-34-31-29-26-23-20-17-14-11-8-5-2/h9,12,17-18,20-22,25-27,29-30,32,34-38,44,47,64H,4-8,10-11,13-16,19,23-24,28,31,33,39-43,45-46,48-63H2,1-3H3/b12-9-,20-17-,21-18-,25-22-,29-26-,32-30-,36-35-,37-34-,38-27-,47-44-. The van der Waals surface area contributed by atoms with Gasteiger partial charge in [0.15, 0.2) is 6.10 Å². The molecule has 0 saturated carbocycles. The summed E-state index contributed by atoms with van der Waals surface area (Å²) in [6, 6.07) is 0. The number of rotatable bonds is 53. The molecule has 0 radical (unpaired) electrons. The van der Waals surface area contributed by atoms with Crippen molar-refractivity contribution >= 4 is 17.9 Å². The van der Waals surface area contributed by atoms with Gasteiger partial charge in [-0.15, -0.1) is 0 Å². The normalized spacial score (nSPS) is 13.0. The van der Waals surface area contributed by atoms with Gasteiger partial charge in [-0.3, -0.25) is 14.4 Å². The van der Waals surface area contributed by atoms with Crippen LogP contribution in [0.1, 0.15) is 265 Å². The van der Waals surface area contributed by atoms with Crippen LogP contribution in [0.2, 0.25) is 0 Å². The Kier molecular flexibility index (Phi) is 56.9. The Hall–Kier alpha value is -4.19. The van der Waals surface area contributed by atoms with Gasteiger partial charge in [0.1, 0.15) is 13.2 Å². The van der Waals surface area contributed by atoms with Crippen LogP contribution < -0.4 is 0 Å². The molecule has 0 aromatic carbocycles. The third kappa shape index (κ3) is 58.6. The van der Waals surface area contributed by atoms with Gasteiger partial charge in [0.2, 0.25) is 0 Å². The van der Waals surface area contributed by atoms with E-state index in [2.05, 4.69) is 142 Å². The Labute approximate surface area is 450 Å². The maximum absolute atomic E-state index is 12.9. The predicted molar refractivity (Wildman–Crippen MR) is 316 cm³/mol. The maximum Gasteiger partial charge on any atom is 0.306 e. The van der Waals surface area contributed by atoms with E-state index in [9.17, 15) is 14.4 Å². The fourth-order valence-electron chi connectivity index (χ4n) is 7.92. The summed E-state index contributed by atoms with van der Waals surface area (Å²) in [4.78, 5) is 38.2. The molecule has 0 aliphatic carbocycles. The van der Waals surface area contributed by atoms with Crippen molar-refractivity contribution in [3.63, 3.8) is 0 Å². The average Bonchev–Trinajstić information content (AvgIpc) is 3.39. The Bertz CT molecular complexity index is 1540. The lowest BCUT2D eigenvalue weighted by molar-refractivity contribution is -0.167. The highest BCUT2D eigenvalue weighted by atomic mass is 16.6. The van der Waals surface area contributed by atoms with E-state index in [1.54, 1.807) is 0 Å². The summed E-state index contributed by atoms with van der Waals surface area (Å²) in [6.07, 6.45) is 83.3. The number of ether oxygens (including phenoxy) is 3. The van der Waals surface area contributed by atoms with Crippen molar-refractivity contribution in [2.45, 2.75) is 271 Å². The molecule has 0 aliphatic heterocycles. The summed E-state index contributed by atoms with van der Waals surface area (Å²) < 4.78 is 16.8.